The Morgan fingerprint density at radius 2 is 1.95 bits per heavy atom. The molecule has 0 aliphatic heterocycles. The van der Waals surface area contributed by atoms with Crippen LogP contribution in [0.25, 0.3) is 0 Å². The first-order chi connectivity index (χ1) is 10.3. The fourth-order valence-corrected chi connectivity index (χ4v) is 2.11. The average molecular weight is 284 g/mol. The van der Waals surface area contributed by atoms with Gasteiger partial charge in [-0.05, 0) is 24.5 Å². The van der Waals surface area contributed by atoms with Gasteiger partial charge in [-0.15, -0.1) is 0 Å². The second-order valence-corrected chi connectivity index (χ2v) is 5.18. The molecule has 0 unspecified atom stereocenters. The second-order valence-electron chi connectivity index (χ2n) is 5.18. The third-order valence-corrected chi connectivity index (χ3v) is 3.39. The molecule has 1 aromatic heterocycles. The Bertz CT molecular complexity index is 527. The van der Waals surface area contributed by atoms with E-state index in [4.69, 9.17) is 0 Å². The Balaban J connectivity index is 1.86. The van der Waals surface area contributed by atoms with Gasteiger partial charge in [-0.3, -0.25) is 0 Å². The normalized spacial score (nSPS) is 10.4. The van der Waals surface area contributed by atoms with Crippen molar-refractivity contribution in [2.45, 2.75) is 26.2 Å². The number of unbranched alkanes of at least 4 members (excludes halogenated alkanes) is 1. The number of anilines is 2. The zero-order chi connectivity index (χ0) is 14.9. The molecule has 0 atom stereocenters. The van der Waals surface area contributed by atoms with Gasteiger partial charge in [0.05, 0.1) is 0 Å². The summed E-state index contributed by atoms with van der Waals surface area (Å²) in [5.41, 5.74) is 1.33. The molecule has 0 saturated carbocycles. The van der Waals surface area contributed by atoms with E-state index in [9.17, 15) is 0 Å². The van der Waals surface area contributed by atoms with Gasteiger partial charge in [0.15, 0.2) is 0 Å². The molecule has 2 aromatic rings. The number of rotatable bonds is 8. The molecule has 0 aliphatic rings. The van der Waals surface area contributed by atoms with E-state index in [0.29, 0.717) is 0 Å². The van der Waals surface area contributed by atoms with Crippen LogP contribution >= 0.6 is 0 Å². The van der Waals surface area contributed by atoms with Crippen LogP contribution in [-0.4, -0.2) is 30.1 Å². The first-order valence-corrected chi connectivity index (χ1v) is 7.61. The van der Waals surface area contributed by atoms with E-state index in [2.05, 4.69) is 51.4 Å². The van der Waals surface area contributed by atoms with Gasteiger partial charge in [0.2, 0.25) is 5.95 Å². The molecule has 1 aromatic carbocycles. The summed E-state index contributed by atoms with van der Waals surface area (Å²) in [6, 6.07) is 12.4. The minimum Gasteiger partial charge on any atom is -0.370 e. The molecule has 1 heterocycles. The summed E-state index contributed by atoms with van der Waals surface area (Å²) >= 11 is 0. The van der Waals surface area contributed by atoms with Crippen molar-refractivity contribution >= 4 is 11.8 Å². The number of hydrogen-bond donors (Lipinski definition) is 1. The van der Waals surface area contributed by atoms with E-state index in [-0.39, 0.29) is 0 Å². The van der Waals surface area contributed by atoms with Gasteiger partial charge in [-0.2, -0.15) is 4.98 Å². The Kier molecular flexibility index (Phi) is 6.00. The molecule has 0 amide bonds. The Hall–Kier alpha value is -2.10. The van der Waals surface area contributed by atoms with Crippen LogP contribution in [0.3, 0.4) is 0 Å². The van der Waals surface area contributed by atoms with E-state index >= 15 is 0 Å². The molecule has 112 valence electrons. The van der Waals surface area contributed by atoms with Gasteiger partial charge >= 0.3 is 0 Å². The SMILES string of the molecule is CCCCN(C)c1nccc(NCCc2ccccc2)n1. The van der Waals surface area contributed by atoms with Gasteiger partial charge in [0, 0.05) is 26.3 Å². The third-order valence-electron chi connectivity index (χ3n) is 3.39. The maximum Gasteiger partial charge on any atom is 0.226 e. The van der Waals surface area contributed by atoms with Crippen molar-refractivity contribution in [3.05, 3.63) is 48.2 Å². The fraction of sp³-hybridized carbons (Fsp3) is 0.412. The molecule has 4 heteroatoms. The van der Waals surface area contributed by atoms with Crippen molar-refractivity contribution in [1.29, 1.82) is 0 Å². The number of hydrogen-bond acceptors (Lipinski definition) is 4. The molecule has 21 heavy (non-hydrogen) atoms. The molecule has 0 saturated heterocycles. The first kappa shape index (κ1) is 15.3. The number of nitrogens with one attached hydrogen (secondary N) is 1. The van der Waals surface area contributed by atoms with E-state index in [1.165, 1.54) is 12.0 Å². The maximum absolute atomic E-state index is 4.56. The molecule has 0 aliphatic carbocycles. The molecule has 4 nitrogen and oxygen atoms in total. The molecule has 1 N–H and O–H groups in total. The highest BCUT2D eigenvalue weighted by atomic mass is 15.2. The molecule has 0 spiro atoms. The zero-order valence-electron chi connectivity index (χ0n) is 12.9. The minimum absolute atomic E-state index is 0.785. The van der Waals surface area contributed by atoms with Crippen LogP contribution < -0.4 is 10.2 Å². The van der Waals surface area contributed by atoms with E-state index in [1.54, 1.807) is 0 Å². The van der Waals surface area contributed by atoms with Crippen LogP contribution in [0.4, 0.5) is 11.8 Å². The Morgan fingerprint density at radius 3 is 2.71 bits per heavy atom. The maximum atomic E-state index is 4.56. The molecule has 0 fully saturated rings. The van der Waals surface area contributed by atoms with Crippen LogP contribution in [0, 0.1) is 0 Å². The zero-order valence-corrected chi connectivity index (χ0v) is 12.9. The summed E-state index contributed by atoms with van der Waals surface area (Å²) in [4.78, 5) is 11.0. The van der Waals surface area contributed by atoms with Gasteiger partial charge in [-0.1, -0.05) is 43.7 Å². The summed E-state index contributed by atoms with van der Waals surface area (Å²) in [6.07, 6.45) is 5.15. The lowest BCUT2D eigenvalue weighted by molar-refractivity contribution is 0.750. The van der Waals surface area contributed by atoms with E-state index < -0.39 is 0 Å². The summed E-state index contributed by atoms with van der Waals surface area (Å²) < 4.78 is 0. The van der Waals surface area contributed by atoms with Crippen LogP contribution in [0.2, 0.25) is 0 Å². The first-order valence-electron chi connectivity index (χ1n) is 7.61. The third kappa shape index (κ3) is 5.06. The second kappa shape index (κ2) is 8.25. The van der Waals surface area contributed by atoms with Crippen LogP contribution in [-0.2, 0) is 6.42 Å². The van der Waals surface area contributed by atoms with Gasteiger partial charge in [-0.25, -0.2) is 4.98 Å². The van der Waals surface area contributed by atoms with Gasteiger partial charge in [0.1, 0.15) is 5.82 Å². The highest BCUT2D eigenvalue weighted by Crippen LogP contribution is 2.10. The number of benzene rings is 1. The minimum atomic E-state index is 0.785. The smallest absolute Gasteiger partial charge is 0.226 e. The number of aromatic nitrogens is 2. The summed E-state index contributed by atoms with van der Waals surface area (Å²) in [5.74, 6) is 1.67. The standard InChI is InChI=1S/C17H24N4/c1-3-4-14-21(2)17-19-13-11-16(20-17)18-12-10-15-8-6-5-7-9-15/h5-9,11,13H,3-4,10,12,14H2,1-2H3,(H,18,19,20). The Labute approximate surface area is 127 Å². The highest BCUT2D eigenvalue weighted by molar-refractivity contribution is 5.40. The summed E-state index contributed by atoms with van der Waals surface area (Å²) in [6.45, 7) is 4.05. The lowest BCUT2D eigenvalue weighted by atomic mass is 10.1. The molecule has 0 radical (unpaired) electrons. The molecular formula is C17H24N4. The van der Waals surface area contributed by atoms with Crippen molar-refractivity contribution in [3.8, 4) is 0 Å². The summed E-state index contributed by atoms with van der Waals surface area (Å²) in [5, 5.41) is 3.37. The Morgan fingerprint density at radius 1 is 1.14 bits per heavy atom. The number of nitrogens with zero attached hydrogens (tertiary/aromatic N) is 3. The molecule has 0 bridgehead atoms. The monoisotopic (exact) mass is 284 g/mol. The molecular weight excluding hydrogens is 260 g/mol. The van der Waals surface area contributed by atoms with Crippen LogP contribution in [0.15, 0.2) is 42.6 Å². The van der Waals surface area contributed by atoms with Crippen molar-refractivity contribution in [1.82, 2.24) is 9.97 Å². The highest BCUT2D eigenvalue weighted by Gasteiger charge is 2.04. The van der Waals surface area contributed by atoms with Crippen LogP contribution in [0.1, 0.15) is 25.3 Å². The van der Waals surface area contributed by atoms with Crippen molar-refractivity contribution < 1.29 is 0 Å². The van der Waals surface area contributed by atoms with Crippen molar-refractivity contribution in [2.24, 2.45) is 0 Å². The molecule has 2 rings (SSSR count). The topological polar surface area (TPSA) is 41.1 Å². The van der Waals surface area contributed by atoms with Crippen molar-refractivity contribution in [3.63, 3.8) is 0 Å². The summed E-state index contributed by atoms with van der Waals surface area (Å²) in [7, 11) is 2.04. The quantitative estimate of drug-likeness (QED) is 0.807. The fourth-order valence-electron chi connectivity index (χ4n) is 2.11. The lowest BCUT2D eigenvalue weighted by Crippen LogP contribution is -2.21. The lowest BCUT2D eigenvalue weighted by Gasteiger charge is -2.17. The predicted molar refractivity (Wildman–Crippen MR) is 88.8 cm³/mol. The average Bonchev–Trinajstić information content (AvgIpc) is 2.54. The van der Waals surface area contributed by atoms with Crippen LogP contribution in [0.5, 0.6) is 0 Å². The van der Waals surface area contributed by atoms with Gasteiger partial charge < -0.3 is 10.2 Å². The predicted octanol–water partition coefficient (Wildman–Crippen LogP) is 3.37. The van der Waals surface area contributed by atoms with Gasteiger partial charge in [0.25, 0.3) is 0 Å². The largest absolute Gasteiger partial charge is 0.370 e. The van der Waals surface area contributed by atoms with Crippen molar-refractivity contribution in [2.75, 3.05) is 30.4 Å². The van der Waals surface area contributed by atoms with E-state index in [1.807, 2.05) is 25.4 Å². The van der Waals surface area contributed by atoms with E-state index in [0.717, 1.165) is 37.7 Å².